The third-order valence-corrected chi connectivity index (χ3v) is 6.90. The molecule has 14 heteroatoms. The van der Waals surface area contributed by atoms with Gasteiger partial charge in [-0.3, -0.25) is 4.18 Å². The van der Waals surface area contributed by atoms with Crippen LogP contribution in [0.1, 0.15) is 19.3 Å². The van der Waals surface area contributed by atoms with E-state index in [0.717, 1.165) is 19.3 Å². The molecule has 0 spiro atoms. The summed E-state index contributed by atoms with van der Waals surface area (Å²) < 4.78 is 55.8. The average Bonchev–Trinajstić information content (AvgIpc) is 3.32. The Labute approximate surface area is 204 Å². The second-order valence-electron chi connectivity index (χ2n) is 7.49. The lowest BCUT2D eigenvalue weighted by Crippen LogP contribution is -2.20. The normalized spacial score (nSPS) is 19.8. The molecule has 0 aliphatic heterocycles. The van der Waals surface area contributed by atoms with E-state index in [1.165, 1.54) is 28.9 Å². The summed E-state index contributed by atoms with van der Waals surface area (Å²) in [6.45, 7) is 0.296. The van der Waals surface area contributed by atoms with Crippen molar-refractivity contribution in [2.45, 2.75) is 35.7 Å². The number of alkyl halides is 3. The minimum absolute atomic E-state index is 0.0232. The molecule has 33 heavy (non-hydrogen) atoms. The van der Waals surface area contributed by atoms with Crippen molar-refractivity contribution in [2.75, 3.05) is 11.9 Å². The number of halogens is 5. The van der Waals surface area contributed by atoms with Crippen LogP contribution in [-0.2, 0) is 15.4 Å². The number of aromatic nitrogens is 3. The maximum Gasteiger partial charge on any atom is 0.446 e. The van der Waals surface area contributed by atoms with Crippen LogP contribution < -0.4 is 10.5 Å². The Hall–Kier alpha value is -1.57. The minimum Gasteiger partial charge on any atom is -0.366 e. The molecule has 1 aliphatic carbocycles. The Balaban J connectivity index is 1.62. The van der Waals surface area contributed by atoms with Crippen molar-refractivity contribution < 1.29 is 21.6 Å². The molecular formula is C19H18Cl2F3N5O2S2. The van der Waals surface area contributed by atoms with Crippen LogP contribution in [0, 0.1) is 5.92 Å². The van der Waals surface area contributed by atoms with E-state index in [0.29, 0.717) is 34.4 Å². The van der Waals surface area contributed by atoms with Crippen LogP contribution in [0.4, 0.5) is 19.0 Å². The molecule has 4 rings (SSSR count). The molecule has 178 valence electrons. The Bertz CT molecular complexity index is 1190. The van der Waals surface area contributed by atoms with Crippen LogP contribution in [-0.4, -0.2) is 37.0 Å². The van der Waals surface area contributed by atoms with E-state index in [-0.39, 0.29) is 33.6 Å². The monoisotopic (exact) mass is 539 g/mol. The summed E-state index contributed by atoms with van der Waals surface area (Å²) in [7, 11) is 0. The summed E-state index contributed by atoms with van der Waals surface area (Å²) in [6.07, 6.45) is 3.87. The van der Waals surface area contributed by atoms with Crippen LogP contribution in [0.3, 0.4) is 0 Å². The molecule has 7 nitrogen and oxygen atoms in total. The largest absolute Gasteiger partial charge is 0.446 e. The van der Waals surface area contributed by atoms with Crippen molar-refractivity contribution in [1.29, 1.82) is 0 Å². The van der Waals surface area contributed by atoms with Gasteiger partial charge in [0.1, 0.15) is 15.7 Å². The van der Waals surface area contributed by atoms with Crippen molar-refractivity contribution in [3.05, 3.63) is 40.5 Å². The smallest absolute Gasteiger partial charge is 0.366 e. The molecule has 1 aliphatic rings. The maximum absolute atomic E-state index is 12.8. The standard InChI is InChI=1S/C19H18Cl2F3N5O2S2/c20-14-8-26-18-15(21)16(11-2-1-3-13(7-11)32-19(22,23)24)28-29(18)17(14)27-12-5-4-10(6-12)9-31-33(25)30/h1-3,7-8,10,12,27H,4-6,9,25H2. The zero-order chi connectivity index (χ0) is 23.8. The average molecular weight is 540 g/mol. The van der Waals surface area contributed by atoms with E-state index in [1.54, 1.807) is 6.07 Å². The Morgan fingerprint density at radius 3 is 2.85 bits per heavy atom. The van der Waals surface area contributed by atoms with Gasteiger partial charge in [-0.1, -0.05) is 35.3 Å². The molecular weight excluding hydrogens is 522 g/mol. The number of nitrogens with one attached hydrogen (secondary N) is 1. The predicted molar refractivity (Wildman–Crippen MR) is 123 cm³/mol. The van der Waals surface area contributed by atoms with Gasteiger partial charge in [-0.15, -0.1) is 0 Å². The van der Waals surface area contributed by atoms with Crippen LogP contribution in [0.2, 0.25) is 10.0 Å². The molecule has 1 aromatic carbocycles. The van der Waals surface area contributed by atoms with E-state index in [2.05, 4.69) is 15.4 Å². The second-order valence-corrected chi connectivity index (χ2v) is 10.2. The van der Waals surface area contributed by atoms with Crippen molar-refractivity contribution in [1.82, 2.24) is 14.6 Å². The molecule has 0 saturated heterocycles. The van der Waals surface area contributed by atoms with Gasteiger partial charge in [-0.2, -0.15) is 22.8 Å². The highest BCUT2D eigenvalue weighted by atomic mass is 35.5. The second kappa shape index (κ2) is 9.96. The molecule has 3 aromatic rings. The topological polar surface area (TPSA) is 94.5 Å². The van der Waals surface area contributed by atoms with E-state index in [9.17, 15) is 17.4 Å². The fourth-order valence-electron chi connectivity index (χ4n) is 3.81. The van der Waals surface area contributed by atoms with Gasteiger partial charge >= 0.3 is 5.51 Å². The number of hydrogen-bond donors (Lipinski definition) is 2. The SMILES string of the molecule is NS(=O)OCC1CCC(Nc2c(Cl)cnc3c(Cl)c(-c4cccc(SC(F)(F)F)c4)nn23)C1. The third-order valence-electron chi connectivity index (χ3n) is 5.19. The van der Waals surface area contributed by atoms with E-state index < -0.39 is 16.8 Å². The first kappa shape index (κ1) is 24.6. The highest BCUT2D eigenvalue weighted by Gasteiger charge is 2.30. The highest BCUT2D eigenvalue weighted by Crippen LogP contribution is 2.40. The Kier molecular flexibility index (Phi) is 7.41. The lowest BCUT2D eigenvalue weighted by atomic mass is 10.1. The summed E-state index contributed by atoms with van der Waals surface area (Å²) in [5.41, 5.74) is -3.36. The molecule has 3 atom stereocenters. The Morgan fingerprint density at radius 1 is 1.33 bits per heavy atom. The summed E-state index contributed by atoms with van der Waals surface area (Å²) in [5, 5.41) is 13.5. The number of benzene rings is 1. The van der Waals surface area contributed by atoms with Crippen molar-refractivity contribution in [3.8, 4) is 11.3 Å². The number of anilines is 1. The number of hydrogen-bond acceptors (Lipinski definition) is 6. The van der Waals surface area contributed by atoms with Gasteiger partial charge in [0.05, 0.1) is 12.8 Å². The molecule has 3 unspecified atom stereocenters. The molecule has 0 radical (unpaired) electrons. The lowest BCUT2D eigenvalue weighted by molar-refractivity contribution is -0.0328. The van der Waals surface area contributed by atoms with Crippen molar-refractivity contribution in [2.24, 2.45) is 11.1 Å². The maximum atomic E-state index is 12.8. The molecule has 0 bridgehead atoms. The lowest BCUT2D eigenvalue weighted by Gasteiger charge is -2.16. The quantitative estimate of drug-likeness (QED) is 0.387. The van der Waals surface area contributed by atoms with Gasteiger partial charge in [0.15, 0.2) is 11.5 Å². The van der Waals surface area contributed by atoms with Crippen molar-refractivity contribution in [3.63, 3.8) is 0 Å². The summed E-state index contributed by atoms with van der Waals surface area (Å²) in [5.74, 6) is 0.668. The van der Waals surface area contributed by atoms with Gasteiger partial charge in [0, 0.05) is 16.5 Å². The molecule has 1 saturated carbocycles. The van der Waals surface area contributed by atoms with E-state index in [1.807, 2.05) is 0 Å². The van der Waals surface area contributed by atoms with Crippen molar-refractivity contribution >= 4 is 57.7 Å². The number of nitrogens with zero attached hydrogens (tertiary/aromatic N) is 3. The van der Waals surface area contributed by atoms with Crippen LogP contribution in [0.15, 0.2) is 35.4 Å². The predicted octanol–water partition coefficient (Wildman–Crippen LogP) is 5.45. The Morgan fingerprint density at radius 2 is 2.12 bits per heavy atom. The number of nitrogens with two attached hydrogens (primary N) is 1. The van der Waals surface area contributed by atoms with Gasteiger partial charge in [0.2, 0.25) is 11.3 Å². The number of rotatable bonds is 7. The van der Waals surface area contributed by atoms with E-state index in [4.69, 9.17) is 32.5 Å². The molecule has 0 amide bonds. The summed E-state index contributed by atoms with van der Waals surface area (Å²) in [6, 6.07) is 5.94. The first-order chi connectivity index (χ1) is 15.6. The number of thioether (sulfide) groups is 1. The molecule has 2 heterocycles. The summed E-state index contributed by atoms with van der Waals surface area (Å²) >= 11 is 10.9. The molecule has 2 aromatic heterocycles. The van der Waals surface area contributed by atoms with Gasteiger partial charge in [0.25, 0.3) is 0 Å². The summed E-state index contributed by atoms with van der Waals surface area (Å²) in [4.78, 5) is 4.27. The van der Waals surface area contributed by atoms with E-state index >= 15 is 0 Å². The molecule has 3 N–H and O–H groups in total. The van der Waals surface area contributed by atoms with Gasteiger partial charge in [-0.25, -0.2) is 14.3 Å². The highest BCUT2D eigenvalue weighted by molar-refractivity contribution is 8.00. The van der Waals surface area contributed by atoms with Crippen LogP contribution >= 0.6 is 35.0 Å². The zero-order valence-electron chi connectivity index (χ0n) is 16.8. The fraction of sp³-hybridized carbons (Fsp3) is 0.368. The van der Waals surface area contributed by atoms with Gasteiger partial charge in [-0.05, 0) is 49.1 Å². The molecule has 1 fully saturated rings. The van der Waals surface area contributed by atoms with Crippen LogP contribution in [0.5, 0.6) is 0 Å². The number of fused-ring (bicyclic) bond motifs is 1. The zero-order valence-corrected chi connectivity index (χ0v) is 20.0. The first-order valence-corrected chi connectivity index (χ1v) is 12.5. The van der Waals surface area contributed by atoms with Crippen LogP contribution in [0.25, 0.3) is 16.9 Å². The first-order valence-electron chi connectivity index (χ1n) is 9.75. The van der Waals surface area contributed by atoms with Gasteiger partial charge < -0.3 is 5.32 Å². The third kappa shape index (κ3) is 5.92. The fourth-order valence-corrected chi connectivity index (χ4v) is 5.19. The minimum atomic E-state index is -4.41.